The van der Waals surface area contributed by atoms with Gasteiger partial charge in [0.05, 0.1) is 15.5 Å². The van der Waals surface area contributed by atoms with Gasteiger partial charge in [0.2, 0.25) is 0 Å². The fourth-order valence-electron chi connectivity index (χ4n) is 4.04. The molecule has 0 fully saturated rings. The molecule has 0 radical (unpaired) electrons. The zero-order valence-electron chi connectivity index (χ0n) is 20.7. The Morgan fingerprint density at radius 1 is 0.619 bits per heavy atom. The highest BCUT2D eigenvalue weighted by Crippen LogP contribution is 2.41. The summed E-state index contributed by atoms with van der Waals surface area (Å²) in [6.07, 6.45) is 0. The monoisotopic (exact) mass is 657 g/mol. The van der Waals surface area contributed by atoms with Crippen molar-refractivity contribution >= 4 is 74.1 Å². The molecule has 1 amide bonds. The van der Waals surface area contributed by atoms with Crippen LogP contribution in [0.1, 0.15) is 10.4 Å². The topological polar surface area (TPSA) is 270 Å². The minimum Gasteiger partial charge on any atom is -0.399 e. The quantitative estimate of drug-likeness (QED) is 0.140. The highest BCUT2D eigenvalue weighted by molar-refractivity contribution is 7.93. The molecule has 0 aliphatic heterocycles. The van der Waals surface area contributed by atoms with Gasteiger partial charge < -0.3 is 11.5 Å². The number of anilines is 3. The standard InChI is InChI=1S/C23H19N3O12S4/c24-14-4-1-3-13(9-14)23(27)26(39(28,29)16-6-2-5-15(25)10-16)19-7-8-20(41(33,34)35)18-11-17(40(30,31)32)12-21(22(18)19)42(36,37)38/h1-12H,24-25H2,(H,30,31,32)(H,33,34,35)(H,36,37,38). The van der Waals surface area contributed by atoms with Gasteiger partial charge in [-0.2, -0.15) is 29.6 Å². The van der Waals surface area contributed by atoms with Crippen LogP contribution in [0.3, 0.4) is 0 Å². The molecule has 222 valence electrons. The summed E-state index contributed by atoms with van der Waals surface area (Å²) in [5, 5.41) is -2.02. The summed E-state index contributed by atoms with van der Waals surface area (Å²) >= 11 is 0. The minimum atomic E-state index is -5.57. The lowest BCUT2D eigenvalue weighted by atomic mass is 10.1. The van der Waals surface area contributed by atoms with Gasteiger partial charge in [-0.25, -0.2) is 8.42 Å². The Balaban J connectivity index is 2.28. The summed E-state index contributed by atoms with van der Waals surface area (Å²) < 4.78 is 131. The maximum Gasteiger partial charge on any atom is 0.295 e. The lowest BCUT2D eigenvalue weighted by molar-refractivity contribution is 0.101. The van der Waals surface area contributed by atoms with Crippen LogP contribution in [-0.4, -0.2) is 53.2 Å². The van der Waals surface area contributed by atoms with Gasteiger partial charge in [-0.05, 0) is 60.7 Å². The highest BCUT2D eigenvalue weighted by atomic mass is 32.2. The van der Waals surface area contributed by atoms with E-state index in [-0.39, 0.29) is 27.3 Å². The van der Waals surface area contributed by atoms with E-state index in [0.717, 1.165) is 24.3 Å². The van der Waals surface area contributed by atoms with E-state index in [1.54, 1.807) is 0 Å². The van der Waals surface area contributed by atoms with Gasteiger partial charge >= 0.3 is 0 Å². The van der Waals surface area contributed by atoms with Gasteiger partial charge in [-0.1, -0.05) is 12.1 Å². The summed E-state index contributed by atoms with van der Waals surface area (Å²) in [6, 6.07) is 11.3. The van der Waals surface area contributed by atoms with Gasteiger partial charge in [0, 0.05) is 27.7 Å². The normalized spacial score (nSPS) is 12.7. The number of nitrogens with two attached hydrogens (primary N) is 2. The first-order valence-corrected chi connectivity index (χ1v) is 16.8. The SMILES string of the molecule is Nc1cccc(C(=O)N(c2ccc(S(=O)(=O)O)c3cc(S(=O)(=O)O)cc(S(=O)(=O)O)c23)S(=O)(=O)c2cccc(N)c2)c1. The first kappa shape index (κ1) is 30.8. The number of benzene rings is 4. The molecule has 0 saturated carbocycles. The Morgan fingerprint density at radius 3 is 1.71 bits per heavy atom. The molecule has 0 spiro atoms. The second-order valence-corrected chi connectivity index (χ2v) is 14.6. The van der Waals surface area contributed by atoms with E-state index in [2.05, 4.69) is 0 Å². The third-order valence-electron chi connectivity index (χ3n) is 5.78. The molecule has 4 aromatic carbocycles. The molecule has 0 aromatic heterocycles. The number of nitrogen functional groups attached to an aromatic ring is 2. The maximum atomic E-state index is 14.0. The van der Waals surface area contributed by atoms with Crippen LogP contribution in [0.2, 0.25) is 0 Å². The Bertz CT molecular complexity index is 2230. The predicted octanol–water partition coefficient (Wildman–Crippen LogP) is 1.78. The van der Waals surface area contributed by atoms with Crippen molar-refractivity contribution in [3.05, 3.63) is 78.4 Å². The molecule has 0 aliphatic carbocycles. The maximum absolute atomic E-state index is 14.0. The fraction of sp³-hybridized carbons (Fsp3) is 0. The summed E-state index contributed by atoms with van der Waals surface area (Å²) in [4.78, 5) is 9.43. The number of carbonyl (C=O) groups excluding carboxylic acids is 1. The van der Waals surface area contributed by atoms with Crippen molar-refractivity contribution < 1.29 is 52.1 Å². The van der Waals surface area contributed by atoms with Crippen molar-refractivity contribution in [1.29, 1.82) is 0 Å². The summed E-state index contributed by atoms with van der Waals surface area (Å²) in [5.41, 5.74) is 10.2. The van der Waals surface area contributed by atoms with E-state index in [0.29, 0.717) is 18.2 Å². The number of fused-ring (bicyclic) bond motifs is 1. The second kappa shape index (κ2) is 10.3. The lowest BCUT2D eigenvalue weighted by Crippen LogP contribution is -2.37. The van der Waals surface area contributed by atoms with Crippen molar-refractivity contribution in [2.45, 2.75) is 19.6 Å². The number of hydrogen-bond acceptors (Lipinski definition) is 11. The Morgan fingerprint density at radius 2 is 1.19 bits per heavy atom. The third kappa shape index (κ3) is 5.79. The van der Waals surface area contributed by atoms with Crippen molar-refractivity contribution in [2.75, 3.05) is 15.8 Å². The van der Waals surface area contributed by atoms with Crippen LogP contribution in [0.5, 0.6) is 0 Å². The number of carbonyl (C=O) groups is 1. The molecule has 0 bridgehead atoms. The molecule has 0 heterocycles. The highest BCUT2D eigenvalue weighted by Gasteiger charge is 2.36. The predicted molar refractivity (Wildman–Crippen MR) is 149 cm³/mol. The summed E-state index contributed by atoms with van der Waals surface area (Å²) in [7, 11) is -21.2. The zero-order valence-corrected chi connectivity index (χ0v) is 23.9. The average Bonchev–Trinajstić information content (AvgIpc) is 2.86. The second-order valence-electron chi connectivity index (χ2n) is 8.62. The molecule has 15 nitrogen and oxygen atoms in total. The first-order chi connectivity index (χ1) is 19.2. The third-order valence-corrected chi connectivity index (χ3v) is 10.1. The van der Waals surface area contributed by atoms with E-state index in [1.807, 2.05) is 0 Å². The average molecular weight is 658 g/mol. The molecule has 4 rings (SSSR count). The molecule has 0 atom stereocenters. The van der Waals surface area contributed by atoms with Crippen LogP contribution in [0, 0.1) is 0 Å². The summed E-state index contributed by atoms with van der Waals surface area (Å²) in [5.74, 6) is -1.36. The van der Waals surface area contributed by atoms with Gasteiger partial charge in [0.1, 0.15) is 9.79 Å². The molecular weight excluding hydrogens is 639 g/mol. The van der Waals surface area contributed by atoms with Crippen molar-refractivity contribution in [3.63, 3.8) is 0 Å². The Labute approximate surface area is 239 Å². The molecule has 4 aromatic rings. The molecule has 0 unspecified atom stereocenters. The molecule has 0 saturated heterocycles. The van der Waals surface area contributed by atoms with Crippen molar-refractivity contribution in [3.8, 4) is 0 Å². The van der Waals surface area contributed by atoms with Crippen LogP contribution in [0.4, 0.5) is 17.1 Å². The lowest BCUT2D eigenvalue weighted by Gasteiger charge is -2.26. The van der Waals surface area contributed by atoms with E-state index in [4.69, 9.17) is 11.5 Å². The smallest absolute Gasteiger partial charge is 0.295 e. The van der Waals surface area contributed by atoms with E-state index >= 15 is 0 Å². The van der Waals surface area contributed by atoms with E-state index < -0.39 is 82.3 Å². The molecule has 7 N–H and O–H groups in total. The number of hydrogen-bond donors (Lipinski definition) is 5. The number of sulfonamides is 1. The van der Waals surface area contributed by atoms with Gasteiger partial charge in [-0.15, -0.1) is 0 Å². The summed E-state index contributed by atoms with van der Waals surface area (Å²) in [6.45, 7) is 0. The van der Waals surface area contributed by atoms with Gasteiger partial charge in [-0.3, -0.25) is 18.5 Å². The van der Waals surface area contributed by atoms with Crippen LogP contribution < -0.4 is 15.8 Å². The number of rotatable bonds is 7. The van der Waals surface area contributed by atoms with Crippen LogP contribution in [-0.2, 0) is 40.4 Å². The van der Waals surface area contributed by atoms with E-state index in [9.17, 15) is 52.1 Å². The Kier molecular flexibility index (Phi) is 7.57. The largest absolute Gasteiger partial charge is 0.399 e. The molecule has 42 heavy (non-hydrogen) atoms. The zero-order chi connectivity index (χ0) is 31.4. The molecule has 19 heteroatoms. The van der Waals surface area contributed by atoms with Crippen molar-refractivity contribution in [2.24, 2.45) is 0 Å². The number of amides is 1. The van der Waals surface area contributed by atoms with Crippen LogP contribution >= 0.6 is 0 Å². The van der Waals surface area contributed by atoms with E-state index in [1.165, 1.54) is 24.3 Å². The Hall–Kier alpha value is -4.11. The molecular formula is C23H19N3O12S4. The first-order valence-electron chi connectivity index (χ1n) is 11.1. The van der Waals surface area contributed by atoms with Crippen LogP contribution in [0.25, 0.3) is 10.8 Å². The number of nitrogens with zero attached hydrogens (tertiary/aromatic N) is 1. The van der Waals surface area contributed by atoms with Gasteiger partial charge in [0.25, 0.3) is 46.3 Å². The van der Waals surface area contributed by atoms with Crippen molar-refractivity contribution in [1.82, 2.24) is 0 Å². The van der Waals surface area contributed by atoms with Crippen LogP contribution in [0.15, 0.2) is 92.4 Å². The minimum absolute atomic E-state index is 0.0187. The fourth-order valence-corrected chi connectivity index (χ4v) is 7.56. The van der Waals surface area contributed by atoms with Gasteiger partial charge in [0.15, 0.2) is 0 Å². The molecule has 0 aliphatic rings.